The molecule has 4 rings (SSSR count). The molecule has 30 heavy (non-hydrogen) atoms. The van der Waals surface area contributed by atoms with E-state index < -0.39 is 5.92 Å². The number of carbonyl (C=O) groups is 1. The smallest absolute Gasteiger partial charge is 0.205 e. The number of rotatable bonds is 4. The molecular formula is C24H22N2O4. The molecule has 0 fully saturated rings. The van der Waals surface area contributed by atoms with Gasteiger partial charge in [-0.15, -0.1) is 0 Å². The largest absolute Gasteiger partial charge is 0.497 e. The van der Waals surface area contributed by atoms with Gasteiger partial charge in [0.15, 0.2) is 0 Å². The molecule has 0 amide bonds. The summed E-state index contributed by atoms with van der Waals surface area (Å²) in [7, 11) is 3.16. The van der Waals surface area contributed by atoms with Crippen LogP contribution in [0.5, 0.6) is 11.5 Å². The van der Waals surface area contributed by atoms with Crippen LogP contribution in [0, 0.1) is 11.3 Å². The van der Waals surface area contributed by atoms with Crippen LogP contribution in [-0.4, -0.2) is 20.0 Å². The Kier molecular flexibility index (Phi) is 5.20. The van der Waals surface area contributed by atoms with Crippen molar-refractivity contribution >= 4 is 5.78 Å². The fraction of sp³-hybridized carbons (Fsp3) is 0.250. The van der Waals surface area contributed by atoms with E-state index in [1.54, 1.807) is 20.3 Å². The van der Waals surface area contributed by atoms with Gasteiger partial charge in [-0.05, 0) is 17.2 Å². The standard InChI is InChI=1S/C24H22N2O4/c1-28-16-8-9-17(20(12-16)29-2)22-19(13-25)24(26)30-21-11-15(27)10-18(23(21)22)14-6-4-3-5-7-14/h3-9,12,18,22H,10-11,26H2,1-2H3/t18-,22+/m0/s1. The Morgan fingerprint density at radius 2 is 1.90 bits per heavy atom. The van der Waals surface area contributed by atoms with Crippen LogP contribution >= 0.6 is 0 Å². The van der Waals surface area contributed by atoms with E-state index >= 15 is 0 Å². The van der Waals surface area contributed by atoms with Crippen LogP contribution in [0.15, 0.2) is 71.3 Å². The number of carbonyl (C=O) groups excluding carboxylic acids is 1. The number of hydrogen-bond acceptors (Lipinski definition) is 6. The van der Waals surface area contributed by atoms with E-state index in [0.717, 1.165) is 16.7 Å². The molecule has 0 saturated heterocycles. The van der Waals surface area contributed by atoms with Gasteiger partial charge in [0.2, 0.25) is 5.88 Å². The molecule has 2 N–H and O–H groups in total. The van der Waals surface area contributed by atoms with Gasteiger partial charge in [0.25, 0.3) is 0 Å². The molecule has 0 unspecified atom stereocenters. The fourth-order valence-electron chi connectivity index (χ4n) is 4.31. The van der Waals surface area contributed by atoms with Crippen molar-refractivity contribution in [2.45, 2.75) is 24.7 Å². The van der Waals surface area contributed by atoms with Crippen LogP contribution in [0.2, 0.25) is 0 Å². The van der Waals surface area contributed by atoms with Gasteiger partial charge in [0, 0.05) is 24.0 Å². The molecule has 0 bridgehead atoms. The summed E-state index contributed by atoms with van der Waals surface area (Å²) in [6.45, 7) is 0. The average molecular weight is 402 g/mol. The van der Waals surface area contributed by atoms with E-state index in [9.17, 15) is 10.1 Å². The summed E-state index contributed by atoms with van der Waals surface area (Å²) >= 11 is 0. The highest BCUT2D eigenvalue weighted by molar-refractivity contribution is 5.84. The SMILES string of the molecule is COc1ccc([C@@H]2C(C#N)=C(N)OC3=C2[C@H](c2ccccc2)CC(=O)C3)c(OC)c1. The summed E-state index contributed by atoms with van der Waals surface area (Å²) in [6, 6.07) is 17.5. The lowest BCUT2D eigenvalue weighted by Gasteiger charge is -2.37. The van der Waals surface area contributed by atoms with Crippen LogP contribution in [-0.2, 0) is 9.53 Å². The number of hydrogen-bond donors (Lipinski definition) is 1. The Labute approximate surface area is 175 Å². The zero-order chi connectivity index (χ0) is 21.3. The molecule has 0 aromatic heterocycles. The van der Waals surface area contributed by atoms with Crippen molar-refractivity contribution in [3.63, 3.8) is 0 Å². The maximum absolute atomic E-state index is 12.5. The van der Waals surface area contributed by atoms with Gasteiger partial charge in [0.1, 0.15) is 34.7 Å². The van der Waals surface area contributed by atoms with Crippen LogP contribution in [0.25, 0.3) is 0 Å². The number of benzene rings is 2. The third-order valence-corrected chi connectivity index (χ3v) is 5.66. The summed E-state index contributed by atoms with van der Waals surface area (Å²) in [4.78, 5) is 12.5. The highest BCUT2D eigenvalue weighted by atomic mass is 16.5. The first-order valence-electron chi connectivity index (χ1n) is 9.66. The van der Waals surface area contributed by atoms with Gasteiger partial charge in [-0.25, -0.2) is 0 Å². The number of nitrogens with two attached hydrogens (primary N) is 1. The first-order valence-corrected chi connectivity index (χ1v) is 9.66. The van der Waals surface area contributed by atoms with E-state index in [1.165, 1.54) is 0 Å². The number of ketones is 1. The molecule has 2 aromatic carbocycles. The van der Waals surface area contributed by atoms with E-state index in [1.807, 2.05) is 42.5 Å². The van der Waals surface area contributed by atoms with Crippen molar-refractivity contribution in [2.75, 3.05) is 14.2 Å². The first kappa shape index (κ1) is 19.6. The van der Waals surface area contributed by atoms with E-state index in [4.69, 9.17) is 19.9 Å². The number of ether oxygens (including phenoxy) is 3. The predicted octanol–water partition coefficient (Wildman–Crippen LogP) is 3.91. The van der Waals surface area contributed by atoms with Crippen molar-refractivity contribution in [3.05, 3.63) is 82.4 Å². The molecular weight excluding hydrogens is 380 g/mol. The number of nitriles is 1. The van der Waals surface area contributed by atoms with Gasteiger partial charge in [0.05, 0.1) is 26.6 Å². The summed E-state index contributed by atoms with van der Waals surface area (Å²) in [5.74, 6) is 1.17. The molecule has 0 spiro atoms. The van der Waals surface area contributed by atoms with Crippen molar-refractivity contribution in [1.82, 2.24) is 0 Å². The second-order valence-electron chi connectivity index (χ2n) is 7.29. The third kappa shape index (κ3) is 3.29. The minimum absolute atomic E-state index is 0.0284. The summed E-state index contributed by atoms with van der Waals surface area (Å²) in [6.07, 6.45) is 0.507. The number of allylic oxidation sites excluding steroid dienone is 3. The maximum atomic E-state index is 12.5. The Morgan fingerprint density at radius 3 is 2.57 bits per heavy atom. The molecule has 152 valence electrons. The van der Waals surface area contributed by atoms with Crippen molar-refractivity contribution < 1.29 is 19.0 Å². The van der Waals surface area contributed by atoms with Gasteiger partial charge in [-0.3, -0.25) is 4.79 Å². The molecule has 1 aliphatic heterocycles. The lowest BCUT2D eigenvalue weighted by molar-refractivity contribution is -0.119. The molecule has 1 heterocycles. The first-order chi connectivity index (χ1) is 14.6. The van der Waals surface area contributed by atoms with Crippen molar-refractivity contribution in [1.29, 1.82) is 5.26 Å². The zero-order valence-corrected chi connectivity index (χ0v) is 16.8. The van der Waals surface area contributed by atoms with Crippen LogP contribution in [0.3, 0.4) is 0 Å². The summed E-state index contributed by atoms with van der Waals surface area (Å²) in [5.41, 5.74) is 9.10. The number of Topliss-reactive ketones (excluding diaryl/α,β-unsaturated/α-hetero) is 1. The Morgan fingerprint density at radius 1 is 1.13 bits per heavy atom. The highest BCUT2D eigenvalue weighted by Gasteiger charge is 2.42. The van der Waals surface area contributed by atoms with Crippen LogP contribution in [0.4, 0.5) is 0 Å². The summed E-state index contributed by atoms with van der Waals surface area (Å²) < 4.78 is 16.8. The average Bonchev–Trinajstić information content (AvgIpc) is 2.77. The maximum Gasteiger partial charge on any atom is 0.205 e. The molecule has 0 saturated carbocycles. The van der Waals surface area contributed by atoms with Crippen molar-refractivity contribution in [3.8, 4) is 17.6 Å². The zero-order valence-electron chi connectivity index (χ0n) is 16.8. The number of methoxy groups -OCH3 is 2. The lowest BCUT2D eigenvalue weighted by Crippen LogP contribution is -2.29. The van der Waals surface area contributed by atoms with E-state index in [0.29, 0.717) is 29.3 Å². The van der Waals surface area contributed by atoms with Crippen LogP contribution in [0.1, 0.15) is 35.8 Å². The fourth-order valence-corrected chi connectivity index (χ4v) is 4.31. The Bertz CT molecular complexity index is 1100. The molecule has 2 atom stereocenters. The van der Waals surface area contributed by atoms with Crippen molar-refractivity contribution in [2.24, 2.45) is 5.73 Å². The van der Waals surface area contributed by atoms with Gasteiger partial charge in [-0.2, -0.15) is 5.26 Å². The quantitative estimate of drug-likeness (QED) is 0.833. The van der Waals surface area contributed by atoms with Gasteiger partial charge in [-0.1, -0.05) is 36.4 Å². The molecule has 6 heteroatoms. The molecule has 0 radical (unpaired) electrons. The monoisotopic (exact) mass is 402 g/mol. The second kappa shape index (κ2) is 7.96. The topological polar surface area (TPSA) is 94.6 Å². The van der Waals surface area contributed by atoms with Gasteiger partial charge >= 0.3 is 0 Å². The lowest BCUT2D eigenvalue weighted by atomic mass is 9.70. The normalized spacial score (nSPS) is 20.9. The second-order valence-corrected chi connectivity index (χ2v) is 7.29. The van der Waals surface area contributed by atoms with E-state index in [-0.39, 0.29) is 24.0 Å². The minimum atomic E-state index is -0.474. The number of nitrogens with zero attached hydrogens (tertiary/aromatic N) is 1. The minimum Gasteiger partial charge on any atom is -0.497 e. The summed E-state index contributed by atoms with van der Waals surface area (Å²) in [5, 5.41) is 9.93. The van der Waals surface area contributed by atoms with Crippen LogP contribution < -0.4 is 15.2 Å². The third-order valence-electron chi connectivity index (χ3n) is 5.66. The molecule has 1 aliphatic carbocycles. The molecule has 2 aliphatic rings. The van der Waals surface area contributed by atoms with E-state index in [2.05, 4.69) is 6.07 Å². The highest BCUT2D eigenvalue weighted by Crippen LogP contribution is 2.51. The Balaban J connectivity index is 1.95. The molecule has 6 nitrogen and oxygen atoms in total. The van der Waals surface area contributed by atoms with Gasteiger partial charge < -0.3 is 19.9 Å². The predicted molar refractivity (Wildman–Crippen MR) is 111 cm³/mol. The molecule has 2 aromatic rings. The Hall–Kier alpha value is -3.72.